The molecule has 18 heavy (non-hydrogen) atoms. The highest BCUT2D eigenvalue weighted by molar-refractivity contribution is 6.05. The molecule has 4 heteroatoms. The third-order valence-corrected chi connectivity index (χ3v) is 3.43. The van der Waals surface area contributed by atoms with Crippen molar-refractivity contribution in [3.05, 3.63) is 29.3 Å². The Morgan fingerprint density at radius 2 is 2.11 bits per heavy atom. The first kappa shape index (κ1) is 12.6. The molecule has 0 atom stereocenters. The molecule has 2 N–H and O–H groups in total. The molecule has 1 aliphatic heterocycles. The van der Waals surface area contributed by atoms with Gasteiger partial charge >= 0.3 is 5.97 Å². The normalized spacial score (nSPS) is 16.2. The summed E-state index contributed by atoms with van der Waals surface area (Å²) in [7, 11) is 0. The van der Waals surface area contributed by atoms with Crippen molar-refractivity contribution in [3.63, 3.8) is 0 Å². The molecule has 1 aliphatic rings. The van der Waals surface area contributed by atoms with Gasteiger partial charge in [-0.25, -0.2) is 0 Å². The third-order valence-electron chi connectivity index (χ3n) is 3.43. The van der Waals surface area contributed by atoms with Crippen LogP contribution in [0.2, 0.25) is 0 Å². The van der Waals surface area contributed by atoms with Crippen LogP contribution in [0.15, 0.2) is 18.2 Å². The Labute approximate surface area is 106 Å². The van der Waals surface area contributed by atoms with Gasteiger partial charge in [0.1, 0.15) is 0 Å². The number of amides is 1. The zero-order chi connectivity index (χ0) is 13.3. The van der Waals surface area contributed by atoms with Crippen molar-refractivity contribution in [2.24, 2.45) is 0 Å². The highest BCUT2D eigenvalue weighted by Gasteiger charge is 2.38. The summed E-state index contributed by atoms with van der Waals surface area (Å²) in [6, 6.07) is 5.86. The minimum absolute atomic E-state index is 0.0141. The Hall–Kier alpha value is -1.84. The molecule has 96 valence electrons. The Kier molecular flexibility index (Phi) is 3.11. The Balaban J connectivity index is 2.16. The highest BCUT2D eigenvalue weighted by Crippen LogP contribution is 2.37. The molecule has 0 spiro atoms. The molecule has 2 rings (SSSR count). The molecule has 0 aliphatic carbocycles. The molecule has 1 aromatic carbocycles. The fourth-order valence-corrected chi connectivity index (χ4v) is 2.22. The quantitative estimate of drug-likeness (QED) is 0.858. The first-order chi connectivity index (χ1) is 8.41. The average Bonchev–Trinajstić information content (AvgIpc) is 2.51. The van der Waals surface area contributed by atoms with E-state index in [1.165, 1.54) is 0 Å². The van der Waals surface area contributed by atoms with Gasteiger partial charge in [0.15, 0.2) is 0 Å². The van der Waals surface area contributed by atoms with Crippen LogP contribution in [0.1, 0.15) is 37.8 Å². The van der Waals surface area contributed by atoms with Crippen molar-refractivity contribution in [3.8, 4) is 0 Å². The van der Waals surface area contributed by atoms with Crippen LogP contribution in [0.5, 0.6) is 0 Å². The number of anilines is 1. The van der Waals surface area contributed by atoms with Crippen molar-refractivity contribution in [1.82, 2.24) is 0 Å². The average molecular weight is 247 g/mol. The van der Waals surface area contributed by atoms with Crippen molar-refractivity contribution in [1.29, 1.82) is 0 Å². The summed E-state index contributed by atoms with van der Waals surface area (Å²) >= 11 is 0. The molecule has 0 radical (unpaired) electrons. The number of hydrogen-bond donors (Lipinski definition) is 2. The SMILES string of the molecule is CC1(C)C(=O)Nc2ccc(CCCC(=O)O)cc21. The molecule has 0 saturated heterocycles. The third kappa shape index (κ3) is 2.23. The van der Waals surface area contributed by atoms with E-state index in [2.05, 4.69) is 5.32 Å². The van der Waals surface area contributed by atoms with E-state index in [0.29, 0.717) is 6.42 Å². The number of nitrogens with one attached hydrogen (secondary N) is 1. The van der Waals surface area contributed by atoms with E-state index in [1.807, 2.05) is 32.0 Å². The Morgan fingerprint density at radius 3 is 2.78 bits per heavy atom. The summed E-state index contributed by atoms with van der Waals surface area (Å²) in [5.41, 5.74) is 2.45. The molecule has 0 bridgehead atoms. The second-order valence-corrected chi connectivity index (χ2v) is 5.21. The lowest BCUT2D eigenvalue weighted by Crippen LogP contribution is -2.26. The van der Waals surface area contributed by atoms with Gasteiger partial charge in [-0.1, -0.05) is 12.1 Å². The van der Waals surface area contributed by atoms with Gasteiger partial charge < -0.3 is 10.4 Å². The molecule has 0 fully saturated rings. The van der Waals surface area contributed by atoms with E-state index in [1.54, 1.807) is 0 Å². The Bertz CT molecular complexity index is 506. The van der Waals surface area contributed by atoms with Gasteiger partial charge in [-0.2, -0.15) is 0 Å². The fraction of sp³-hybridized carbons (Fsp3) is 0.429. The van der Waals surface area contributed by atoms with E-state index < -0.39 is 11.4 Å². The molecule has 0 saturated carbocycles. The van der Waals surface area contributed by atoms with Gasteiger partial charge in [0.05, 0.1) is 5.41 Å². The number of rotatable bonds is 4. The van der Waals surface area contributed by atoms with Gasteiger partial charge in [-0.15, -0.1) is 0 Å². The minimum atomic E-state index is -0.770. The standard InChI is InChI=1S/C14H17NO3/c1-14(2)10-8-9(4-3-5-12(16)17)6-7-11(10)15-13(14)18/h6-8H,3-5H2,1-2H3,(H,15,18)(H,16,17). The Morgan fingerprint density at radius 1 is 1.39 bits per heavy atom. The predicted octanol–water partition coefficient (Wildman–Crippen LogP) is 2.32. The zero-order valence-electron chi connectivity index (χ0n) is 10.6. The second kappa shape index (κ2) is 4.44. The van der Waals surface area contributed by atoms with Crippen LogP contribution < -0.4 is 5.32 Å². The summed E-state index contributed by atoms with van der Waals surface area (Å²) in [6.07, 6.45) is 1.53. The summed E-state index contributed by atoms with van der Waals surface area (Å²) < 4.78 is 0. The van der Waals surface area contributed by atoms with Crippen molar-refractivity contribution in [2.45, 2.75) is 38.5 Å². The van der Waals surface area contributed by atoms with Crippen LogP contribution in [0.4, 0.5) is 5.69 Å². The summed E-state index contributed by atoms with van der Waals surface area (Å²) in [6.45, 7) is 3.80. The highest BCUT2D eigenvalue weighted by atomic mass is 16.4. The topological polar surface area (TPSA) is 66.4 Å². The number of carboxylic acid groups (broad SMARTS) is 1. The second-order valence-electron chi connectivity index (χ2n) is 5.21. The lowest BCUT2D eigenvalue weighted by molar-refractivity contribution is -0.137. The van der Waals surface area contributed by atoms with Crippen LogP contribution in [0.3, 0.4) is 0 Å². The van der Waals surface area contributed by atoms with Crippen LogP contribution in [0.25, 0.3) is 0 Å². The molecule has 1 heterocycles. The molecule has 1 aromatic rings. The van der Waals surface area contributed by atoms with Crippen molar-refractivity contribution < 1.29 is 14.7 Å². The van der Waals surface area contributed by atoms with Gasteiger partial charge in [-0.3, -0.25) is 9.59 Å². The number of aryl methyl sites for hydroxylation is 1. The maximum Gasteiger partial charge on any atom is 0.303 e. The van der Waals surface area contributed by atoms with Gasteiger partial charge in [-0.05, 0) is 43.9 Å². The summed E-state index contributed by atoms with van der Waals surface area (Å²) in [4.78, 5) is 22.2. The van der Waals surface area contributed by atoms with Gasteiger partial charge in [0.25, 0.3) is 0 Å². The minimum Gasteiger partial charge on any atom is -0.481 e. The summed E-state index contributed by atoms with van der Waals surface area (Å²) in [5.74, 6) is -0.756. The first-order valence-electron chi connectivity index (χ1n) is 6.08. The lowest BCUT2D eigenvalue weighted by Gasteiger charge is -2.15. The van der Waals surface area contributed by atoms with Crippen LogP contribution in [-0.2, 0) is 21.4 Å². The fourth-order valence-electron chi connectivity index (χ4n) is 2.22. The van der Waals surface area contributed by atoms with E-state index in [-0.39, 0.29) is 12.3 Å². The van der Waals surface area contributed by atoms with Crippen LogP contribution >= 0.6 is 0 Å². The van der Waals surface area contributed by atoms with Crippen LogP contribution in [-0.4, -0.2) is 17.0 Å². The molecular formula is C14H17NO3. The van der Waals surface area contributed by atoms with Crippen molar-refractivity contribution >= 4 is 17.6 Å². The monoisotopic (exact) mass is 247 g/mol. The number of hydrogen-bond acceptors (Lipinski definition) is 2. The molecule has 4 nitrogen and oxygen atoms in total. The van der Waals surface area contributed by atoms with E-state index in [0.717, 1.165) is 23.2 Å². The number of carbonyl (C=O) groups excluding carboxylic acids is 1. The van der Waals surface area contributed by atoms with Gasteiger partial charge in [0.2, 0.25) is 5.91 Å². The summed E-state index contributed by atoms with van der Waals surface area (Å²) in [5, 5.41) is 11.5. The van der Waals surface area contributed by atoms with E-state index in [4.69, 9.17) is 5.11 Å². The maximum atomic E-state index is 11.8. The molecule has 0 aromatic heterocycles. The van der Waals surface area contributed by atoms with Crippen LogP contribution in [0, 0.1) is 0 Å². The zero-order valence-corrected chi connectivity index (χ0v) is 10.6. The van der Waals surface area contributed by atoms with E-state index >= 15 is 0 Å². The number of benzene rings is 1. The number of aliphatic carboxylic acids is 1. The van der Waals surface area contributed by atoms with Crippen molar-refractivity contribution in [2.75, 3.05) is 5.32 Å². The maximum absolute atomic E-state index is 11.8. The number of carbonyl (C=O) groups is 2. The number of fused-ring (bicyclic) bond motifs is 1. The van der Waals surface area contributed by atoms with Gasteiger partial charge in [0, 0.05) is 12.1 Å². The van der Waals surface area contributed by atoms with E-state index in [9.17, 15) is 9.59 Å². The molecular weight excluding hydrogens is 230 g/mol. The molecule has 1 amide bonds. The first-order valence-corrected chi connectivity index (χ1v) is 6.08. The molecule has 0 unspecified atom stereocenters. The smallest absolute Gasteiger partial charge is 0.303 e. The lowest BCUT2D eigenvalue weighted by atomic mass is 9.85. The number of carboxylic acids is 1. The predicted molar refractivity (Wildman–Crippen MR) is 68.7 cm³/mol. The largest absolute Gasteiger partial charge is 0.481 e.